The van der Waals surface area contributed by atoms with Crippen LogP contribution in [0.2, 0.25) is 0 Å². The van der Waals surface area contributed by atoms with Crippen molar-refractivity contribution in [2.75, 3.05) is 0 Å². The normalized spacial score (nSPS) is 10.1. The van der Waals surface area contributed by atoms with E-state index in [1.54, 1.807) is 6.20 Å². The molecule has 0 aliphatic carbocycles. The van der Waals surface area contributed by atoms with Crippen molar-refractivity contribution in [1.29, 1.82) is 5.41 Å². The third-order valence-corrected chi connectivity index (χ3v) is 3.54. The van der Waals surface area contributed by atoms with E-state index < -0.39 is 0 Å². The fourth-order valence-corrected chi connectivity index (χ4v) is 2.43. The second-order valence-corrected chi connectivity index (χ2v) is 5.01. The van der Waals surface area contributed by atoms with Crippen LogP contribution in [0.5, 0.6) is 0 Å². The first kappa shape index (κ1) is 16.6. The van der Waals surface area contributed by atoms with Crippen molar-refractivity contribution in [2.24, 2.45) is 5.73 Å². The Morgan fingerprint density at radius 2 is 1.74 bits per heavy atom. The zero-order chi connectivity index (χ0) is 15.5. The number of hydrogen-bond donors (Lipinski definition) is 3. The first-order chi connectivity index (χ1) is 10.7. The molecule has 6 heteroatoms. The summed E-state index contributed by atoms with van der Waals surface area (Å²) in [6.07, 6.45) is 1.66. The van der Waals surface area contributed by atoms with E-state index in [9.17, 15) is 4.79 Å². The number of hydrogen-bond acceptors (Lipinski definition) is 2. The molecule has 3 aromatic rings. The van der Waals surface area contributed by atoms with Gasteiger partial charge in [-0.25, -0.2) is 0 Å². The van der Waals surface area contributed by atoms with E-state index in [0.717, 1.165) is 16.5 Å². The van der Waals surface area contributed by atoms with Gasteiger partial charge < -0.3 is 10.7 Å². The van der Waals surface area contributed by atoms with Gasteiger partial charge in [-0.1, -0.05) is 48.5 Å². The Morgan fingerprint density at radius 1 is 1.09 bits per heavy atom. The molecule has 0 aliphatic rings. The zero-order valence-corrected chi connectivity index (χ0v) is 13.1. The molecule has 0 spiro atoms. The minimum absolute atomic E-state index is 0. The fraction of sp³-hybridized carbons (Fsp3) is 0.0588. The summed E-state index contributed by atoms with van der Waals surface area (Å²) < 4.78 is 0. The van der Waals surface area contributed by atoms with Crippen molar-refractivity contribution in [3.8, 4) is 0 Å². The molecule has 0 unspecified atom stereocenters. The summed E-state index contributed by atoms with van der Waals surface area (Å²) in [6.45, 7) is 0.272. The lowest BCUT2D eigenvalue weighted by molar-refractivity contribution is 0.0839. The summed E-state index contributed by atoms with van der Waals surface area (Å²) in [4.78, 5) is 17.1. The molecule has 0 fully saturated rings. The van der Waals surface area contributed by atoms with E-state index in [0.29, 0.717) is 5.56 Å². The van der Waals surface area contributed by atoms with Crippen LogP contribution in [-0.4, -0.2) is 21.8 Å². The third-order valence-electron chi connectivity index (χ3n) is 3.54. The van der Waals surface area contributed by atoms with Crippen LogP contribution in [0.4, 0.5) is 0 Å². The molecule has 0 atom stereocenters. The van der Waals surface area contributed by atoms with Gasteiger partial charge in [-0.2, -0.15) is 0 Å². The van der Waals surface area contributed by atoms with Gasteiger partial charge >= 0.3 is 0 Å². The molecule has 2 aromatic carbocycles. The lowest BCUT2D eigenvalue weighted by atomic mass is 10.1. The monoisotopic (exact) mass is 328 g/mol. The number of nitrogens with one attached hydrogen (secondary N) is 2. The number of rotatable bonds is 3. The minimum Gasteiger partial charge on any atom is -0.370 e. The molecule has 4 N–H and O–H groups in total. The summed E-state index contributed by atoms with van der Waals surface area (Å²) in [5.41, 5.74) is 7.93. The molecule has 3 rings (SSSR count). The number of nitrogens with zero attached hydrogens (tertiary/aromatic N) is 1. The molecular formula is C17H17ClN4O. The van der Waals surface area contributed by atoms with Gasteiger partial charge in [0.05, 0.1) is 12.1 Å². The highest BCUT2D eigenvalue weighted by Gasteiger charge is 2.21. The van der Waals surface area contributed by atoms with E-state index in [-0.39, 0.29) is 30.8 Å². The SMILES string of the molecule is Cl.N=C(N)N(Cc1ccccc1)C(=O)c1c[nH]c2ccccc12. The maximum Gasteiger partial charge on any atom is 0.263 e. The number of halogens is 1. The van der Waals surface area contributed by atoms with Crippen molar-refractivity contribution >= 4 is 35.2 Å². The van der Waals surface area contributed by atoms with Crippen LogP contribution in [0, 0.1) is 5.41 Å². The quantitative estimate of drug-likeness (QED) is 0.509. The number of carbonyl (C=O) groups is 1. The Balaban J connectivity index is 0.00000192. The Bertz CT molecular complexity index is 829. The van der Waals surface area contributed by atoms with Crippen molar-refractivity contribution in [3.63, 3.8) is 0 Å². The molecule has 0 bridgehead atoms. The van der Waals surface area contributed by atoms with Crippen molar-refractivity contribution in [2.45, 2.75) is 6.54 Å². The number of para-hydroxylation sites is 1. The summed E-state index contributed by atoms with van der Waals surface area (Å²) >= 11 is 0. The van der Waals surface area contributed by atoms with Crippen LogP contribution >= 0.6 is 12.4 Å². The minimum atomic E-state index is -0.284. The number of guanidine groups is 1. The third kappa shape index (κ3) is 3.35. The number of nitrogens with two attached hydrogens (primary N) is 1. The van der Waals surface area contributed by atoms with E-state index in [1.165, 1.54) is 4.90 Å². The lowest BCUT2D eigenvalue weighted by Gasteiger charge is -2.20. The highest BCUT2D eigenvalue weighted by atomic mass is 35.5. The van der Waals surface area contributed by atoms with Crippen LogP contribution in [0.25, 0.3) is 10.9 Å². The van der Waals surface area contributed by atoms with Gasteiger partial charge in [0.25, 0.3) is 5.91 Å². The number of fused-ring (bicyclic) bond motifs is 1. The first-order valence-electron chi connectivity index (χ1n) is 6.93. The fourth-order valence-electron chi connectivity index (χ4n) is 2.43. The zero-order valence-electron chi connectivity index (χ0n) is 12.3. The number of aromatic amines is 1. The molecule has 23 heavy (non-hydrogen) atoms. The van der Waals surface area contributed by atoms with Gasteiger partial charge in [-0.05, 0) is 11.6 Å². The Kier molecular flexibility index (Phi) is 5.03. The molecule has 5 nitrogen and oxygen atoms in total. The van der Waals surface area contributed by atoms with Gasteiger partial charge in [0.15, 0.2) is 5.96 Å². The largest absolute Gasteiger partial charge is 0.370 e. The molecular weight excluding hydrogens is 312 g/mol. The number of benzene rings is 2. The highest BCUT2D eigenvalue weighted by Crippen LogP contribution is 2.20. The van der Waals surface area contributed by atoms with Crippen molar-refractivity contribution in [1.82, 2.24) is 9.88 Å². The van der Waals surface area contributed by atoms with Crippen LogP contribution in [0.15, 0.2) is 60.8 Å². The molecule has 118 valence electrons. The predicted octanol–water partition coefficient (Wildman–Crippen LogP) is 3.13. The molecule has 0 saturated heterocycles. The standard InChI is InChI=1S/C17H16N4O.ClH/c18-17(19)21(11-12-6-2-1-3-7-12)16(22)14-10-20-15-9-5-4-8-13(14)15;/h1-10,20H,11H2,(H3,18,19);1H. The van der Waals surface area contributed by atoms with E-state index in [1.807, 2.05) is 54.6 Å². The van der Waals surface area contributed by atoms with E-state index in [4.69, 9.17) is 11.1 Å². The number of aromatic nitrogens is 1. The summed E-state index contributed by atoms with van der Waals surface area (Å²) in [5, 5.41) is 8.54. The lowest BCUT2D eigenvalue weighted by Crippen LogP contribution is -2.40. The predicted molar refractivity (Wildman–Crippen MR) is 93.8 cm³/mol. The molecule has 1 amide bonds. The number of carbonyl (C=O) groups excluding carboxylic acids is 1. The van der Waals surface area contributed by atoms with Crippen LogP contribution in [-0.2, 0) is 6.54 Å². The molecule has 1 aromatic heterocycles. The topological polar surface area (TPSA) is 86.0 Å². The second kappa shape index (κ2) is 6.98. The van der Waals surface area contributed by atoms with Gasteiger partial charge in [0.2, 0.25) is 0 Å². The smallest absolute Gasteiger partial charge is 0.263 e. The highest BCUT2D eigenvalue weighted by molar-refractivity contribution is 6.11. The van der Waals surface area contributed by atoms with Crippen LogP contribution in [0.3, 0.4) is 0 Å². The Hall–Kier alpha value is -2.79. The molecule has 1 heterocycles. The molecule has 0 aliphatic heterocycles. The van der Waals surface area contributed by atoms with Crippen LogP contribution in [0.1, 0.15) is 15.9 Å². The van der Waals surface area contributed by atoms with Crippen molar-refractivity contribution in [3.05, 3.63) is 71.9 Å². The number of amides is 1. The summed E-state index contributed by atoms with van der Waals surface area (Å²) in [7, 11) is 0. The van der Waals surface area contributed by atoms with Gasteiger partial charge in [-0.15, -0.1) is 12.4 Å². The van der Waals surface area contributed by atoms with Crippen LogP contribution < -0.4 is 5.73 Å². The Morgan fingerprint density at radius 3 is 2.43 bits per heavy atom. The molecule has 0 saturated carbocycles. The van der Waals surface area contributed by atoms with Gasteiger partial charge in [0, 0.05) is 17.1 Å². The summed E-state index contributed by atoms with van der Waals surface area (Å²) in [5.74, 6) is -0.548. The maximum absolute atomic E-state index is 12.8. The maximum atomic E-state index is 12.8. The molecule has 0 radical (unpaired) electrons. The first-order valence-corrected chi connectivity index (χ1v) is 6.93. The Labute approximate surface area is 140 Å². The second-order valence-electron chi connectivity index (χ2n) is 5.01. The average Bonchev–Trinajstić information content (AvgIpc) is 2.97. The summed E-state index contributed by atoms with van der Waals surface area (Å²) in [6, 6.07) is 17.1. The van der Waals surface area contributed by atoms with Gasteiger partial charge in [-0.3, -0.25) is 15.1 Å². The average molecular weight is 329 g/mol. The van der Waals surface area contributed by atoms with Gasteiger partial charge in [0.1, 0.15) is 0 Å². The van der Waals surface area contributed by atoms with Crippen molar-refractivity contribution < 1.29 is 4.79 Å². The number of H-pyrrole nitrogens is 1. The van der Waals surface area contributed by atoms with E-state index >= 15 is 0 Å². The van der Waals surface area contributed by atoms with E-state index in [2.05, 4.69) is 4.98 Å².